The van der Waals surface area contributed by atoms with E-state index in [9.17, 15) is 14.4 Å². The molecule has 7 heteroatoms. The van der Waals surface area contributed by atoms with Gasteiger partial charge in [-0.25, -0.2) is 4.90 Å². The number of carbonyl (C=O) groups excluding carboxylic acids is 3. The molecule has 0 radical (unpaired) electrons. The Kier molecular flexibility index (Phi) is 6.54. The predicted molar refractivity (Wildman–Crippen MR) is 111 cm³/mol. The first-order chi connectivity index (χ1) is 13.9. The van der Waals surface area contributed by atoms with Crippen molar-refractivity contribution in [2.45, 2.75) is 32.2 Å². The molecule has 0 saturated carbocycles. The molecule has 3 rings (SSSR count). The average molecular weight is 415 g/mol. The zero-order valence-corrected chi connectivity index (χ0v) is 17.2. The molecule has 2 aromatic carbocycles. The van der Waals surface area contributed by atoms with Crippen LogP contribution in [0.15, 0.2) is 48.5 Å². The van der Waals surface area contributed by atoms with Gasteiger partial charge >= 0.3 is 0 Å². The molecule has 0 aromatic heterocycles. The molecule has 152 valence electrons. The van der Waals surface area contributed by atoms with Crippen molar-refractivity contribution in [1.29, 1.82) is 0 Å². The maximum atomic E-state index is 13.0. The quantitative estimate of drug-likeness (QED) is 0.651. The first kappa shape index (κ1) is 20.9. The number of benzene rings is 2. The number of amides is 3. The Morgan fingerprint density at radius 1 is 1.14 bits per heavy atom. The lowest BCUT2D eigenvalue weighted by molar-refractivity contribution is -0.138. The molecular formula is C22H23ClN2O4. The number of hydrogen-bond donors (Lipinski definition) is 0. The van der Waals surface area contributed by atoms with Gasteiger partial charge in [0.15, 0.2) is 0 Å². The largest absolute Gasteiger partial charge is 0.497 e. The molecule has 1 heterocycles. The van der Waals surface area contributed by atoms with Gasteiger partial charge in [-0.15, -0.1) is 0 Å². The first-order valence-corrected chi connectivity index (χ1v) is 9.87. The molecule has 0 spiro atoms. The Balaban J connectivity index is 1.77. The van der Waals surface area contributed by atoms with Crippen LogP contribution in [-0.2, 0) is 20.8 Å². The fourth-order valence-corrected chi connectivity index (χ4v) is 3.55. The van der Waals surface area contributed by atoms with Gasteiger partial charge in [-0.1, -0.05) is 30.7 Å². The molecule has 3 amide bonds. The lowest BCUT2D eigenvalue weighted by Gasteiger charge is -2.27. The second kappa shape index (κ2) is 9.09. The minimum absolute atomic E-state index is 0.0180. The lowest BCUT2D eigenvalue weighted by atomic mass is 10.1. The molecule has 0 aliphatic carbocycles. The maximum Gasteiger partial charge on any atom is 0.257 e. The highest BCUT2D eigenvalue weighted by Crippen LogP contribution is 2.27. The standard InChI is InChI=1S/C22H23ClN2O4/c1-3-20(26)24(13-12-15-4-10-18(29-2)11-5-15)19-14-21(27)25(22(19)28)17-8-6-16(23)7-9-17/h4-11,19H,3,12-14H2,1-2H3/t19-/m0/s1. The van der Waals surface area contributed by atoms with E-state index < -0.39 is 6.04 Å². The van der Waals surface area contributed by atoms with Crippen molar-refractivity contribution in [3.63, 3.8) is 0 Å². The van der Waals surface area contributed by atoms with E-state index in [1.165, 1.54) is 4.90 Å². The Morgan fingerprint density at radius 3 is 2.38 bits per heavy atom. The summed E-state index contributed by atoms with van der Waals surface area (Å²) in [5.41, 5.74) is 1.48. The lowest BCUT2D eigenvalue weighted by Crippen LogP contribution is -2.46. The van der Waals surface area contributed by atoms with Crippen molar-refractivity contribution in [3.8, 4) is 5.75 Å². The summed E-state index contributed by atoms with van der Waals surface area (Å²) in [6, 6.07) is 13.3. The molecule has 1 fully saturated rings. The molecule has 1 atom stereocenters. The van der Waals surface area contributed by atoms with Gasteiger partial charge < -0.3 is 9.64 Å². The highest BCUT2D eigenvalue weighted by Gasteiger charge is 2.43. The molecule has 29 heavy (non-hydrogen) atoms. The summed E-state index contributed by atoms with van der Waals surface area (Å²) in [6.07, 6.45) is 0.825. The van der Waals surface area contributed by atoms with E-state index in [4.69, 9.17) is 16.3 Å². The number of anilines is 1. The number of imide groups is 1. The molecule has 0 bridgehead atoms. The molecule has 1 aliphatic rings. The molecule has 2 aromatic rings. The minimum atomic E-state index is -0.788. The van der Waals surface area contributed by atoms with Crippen LogP contribution in [0.2, 0.25) is 5.02 Å². The summed E-state index contributed by atoms with van der Waals surface area (Å²) >= 11 is 5.90. The second-order valence-electron chi connectivity index (χ2n) is 6.80. The van der Waals surface area contributed by atoms with Crippen LogP contribution in [0.3, 0.4) is 0 Å². The van der Waals surface area contributed by atoms with E-state index in [0.717, 1.165) is 16.2 Å². The van der Waals surface area contributed by atoms with Crippen molar-refractivity contribution in [1.82, 2.24) is 4.90 Å². The topological polar surface area (TPSA) is 66.9 Å². The predicted octanol–water partition coefficient (Wildman–Crippen LogP) is 3.46. The van der Waals surface area contributed by atoms with Crippen LogP contribution in [-0.4, -0.2) is 42.3 Å². The number of rotatable bonds is 7. The van der Waals surface area contributed by atoms with Crippen molar-refractivity contribution in [2.75, 3.05) is 18.6 Å². The molecule has 1 saturated heterocycles. The molecule has 0 N–H and O–H groups in total. The van der Waals surface area contributed by atoms with E-state index in [0.29, 0.717) is 23.7 Å². The van der Waals surface area contributed by atoms with E-state index >= 15 is 0 Å². The van der Waals surface area contributed by atoms with Gasteiger partial charge in [0, 0.05) is 18.0 Å². The fourth-order valence-electron chi connectivity index (χ4n) is 3.42. The number of hydrogen-bond acceptors (Lipinski definition) is 4. The van der Waals surface area contributed by atoms with Crippen molar-refractivity contribution in [3.05, 3.63) is 59.1 Å². The number of halogens is 1. The molecule has 1 aliphatic heterocycles. The van der Waals surface area contributed by atoms with E-state index in [2.05, 4.69) is 0 Å². The van der Waals surface area contributed by atoms with Gasteiger partial charge in [0.1, 0.15) is 11.8 Å². The van der Waals surface area contributed by atoms with Crippen LogP contribution >= 0.6 is 11.6 Å². The first-order valence-electron chi connectivity index (χ1n) is 9.49. The smallest absolute Gasteiger partial charge is 0.257 e. The van der Waals surface area contributed by atoms with Gasteiger partial charge in [0.2, 0.25) is 11.8 Å². The third-order valence-electron chi connectivity index (χ3n) is 5.01. The van der Waals surface area contributed by atoms with Crippen LogP contribution in [0.4, 0.5) is 5.69 Å². The maximum absolute atomic E-state index is 13.0. The Labute approximate surface area is 175 Å². The molecular weight excluding hydrogens is 392 g/mol. The van der Waals surface area contributed by atoms with E-state index in [1.807, 2.05) is 24.3 Å². The van der Waals surface area contributed by atoms with Crippen molar-refractivity contribution in [2.24, 2.45) is 0 Å². The van der Waals surface area contributed by atoms with Crippen molar-refractivity contribution >= 4 is 35.0 Å². The van der Waals surface area contributed by atoms with Crippen LogP contribution < -0.4 is 9.64 Å². The van der Waals surface area contributed by atoms with E-state index in [1.54, 1.807) is 38.3 Å². The van der Waals surface area contributed by atoms with Crippen molar-refractivity contribution < 1.29 is 19.1 Å². The fraction of sp³-hybridized carbons (Fsp3) is 0.318. The normalized spacial score (nSPS) is 16.2. The Morgan fingerprint density at radius 2 is 1.79 bits per heavy atom. The third-order valence-corrected chi connectivity index (χ3v) is 5.26. The molecule has 6 nitrogen and oxygen atoms in total. The van der Waals surface area contributed by atoms with Gasteiger partial charge in [0.25, 0.3) is 5.91 Å². The minimum Gasteiger partial charge on any atom is -0.497 e. The summed E-state index contributed by atoms with van der Waals surface area (Å²) in [4.78, 5) is 40.8. The van der Waals surface area contributed by atoms with Gasteiger partial charge in [-0.05, 0) is 48.4 Å². The average Bonchev–Trinajstić information content (AvgIpc) is 3.03. The van der Waals surface area contributed by atoms with Gasteiger partial charge in [0.05, 0.1) is 19.2 Å². The number of methoxy groups -OCH3 is 1. The van der Waals surface area contributed by atoms with Crippen LogP contribution in [0.5, 0.6) is 5.75 Å². The zero-order chi connectivity index (χ0) is 21.0. The number of nitrogens with zero attached hydrogens (tertiary/aromatic N) is 2. The number of carbonyl (C=O) groups is 3. The van der Waals surface area contributed by atoms with Gasteiger partial charge in [-0.3, -0.25) is 14.4 Å². The van der Waals surface area contributed by atoms with Gasteiger partial charge in [-0.2, -0.15) is 0 Å². The highest BCUT2D eigenvalue weighted by molar-refractivity contribution is 6.30. The molecule has 0 unspecified atom stereocenters. The Bertz CT molecular complexity index is 896. The monoisotopic (exact) mass is 414 g/mol. The van der Waals surface area contributed by atoms with Crippen LogP contribution in [0.1, 0.15) is 25.3 Å². The summed E-state index contributed by atoms with van der Waals surface area (Å²) < 4.78 is 5.16. The Hall–Kier alpha value is -2.86. The summed E-state index contributed by atoms with van der Waals surface area (Å²) in [5, 5.41) is 0.520. The summed E-state index contributed by atoms with van der Waals surface area (Å²) in [7, 11) is 1.60. The zero-order valence-electron chi connectivity index (χ0n) is 16.4. The third kappa shape index (κ3) is 4.59. The SMILES string of the molecule is CCC(=O)N(CCc1ccc(OC)cc1)[C@H]1CC(=O)N(c2ccc(Cl)cc2)C1=O. The highest BCUT2D eigenvalue weighted by atomic mass is 35.5. The summed E-state index contributed by atoms with van der Waals surface area (Å²) in [5.74, 6) is -0.0949. The van der Waals surface area contributed by atoms with Crippen LogP contribution in [0.25, 0.3) is 0 Å². The number of ether oxygens (including phenoxy) is 1. The van der Waals surface area contributed by atoms with E-state index in [-0.39, 0.29) is 30.6 Å². The second-order valence-corrected chi connectivity index (χ2v) is 7.24. The summed E-state index contributed by atoms with van der Waals surface area (Å²) in [6.45, 7) is 2.11. The van der Waals surface area contributed by atoms with Crippen LogP contribution in [0, 0.1) is 0 Å².